The Morgan fingerprint density at radius 2 is 2.00 bits per heavy atom. The summed E-state index contributed by atoms with van der Waals surface area (Å²) in [6.07, 6.45) is 0. The zero-order chi connectivity index (χ0) is 14.9. The number of rotatable bonds is 4. The Bertz CT molecular complexity index is 722. The summed E-state index contributed by atoms with van der Waals surface area (Å²) in [7, 11) is -3.64. The molecule has 0 aliphatic heterocycles. The van der Waals surface area contributed by atoms with Crippen LogP contribution in [0.15, 0.2) is 36.7 Å². The molecule has 0 fully saturated rings. The average molecular weight is 441 g/mol. The predicted molar refractivity (Wildman–Crippen MR) is 87.6 cm³/mol. The maximum Gasteiger partial charge on any atom is 0.271 e. The first-order chi connectivity index (χ1) is 9.33. The molecule has 2 N–H and O–H groups in total. The SMILES string of the molecule is Cc1ccc(CO)cc1NS(=O)(=O)c1cc(Br)c(Br)s1. The second-order valence-corrected chi connectivity index (χ2v) is 9.23. The number of benzene rings is 1. The topological polar surface area (TPSA) is 66.4 Å². The minimum Gasteiger partial charge on any atom is -0.392 e. The number of halogens is 2. The fraction of sp³-hybridized carbons (Fsp3) is 0.167. The van der Waals surface area contributed by atoms with Gasteiger partial charge in [0.25, 0.3) is 10.0 Å². The van der Waals surface area contributed by atoms with Gasteiger partial charge in [-0.1, -0.05) is 12.1 Å². The number of hydrogen-bond donors (Lipinski definition) is 2. The van der Waals surface area contributed by atoms with Crippen molar-refractivity contribution < 1.29 is 13.5 Å². The zero-order valence-corrected chi connectivity index (χ0v) is 15.2. The second-order valence-electron chi connectivity index (χ2n) is 4.10. The molecule has 2 aromatic rings. The van der Waals surface area contributed by atoms with Crippen molar-refractivity contribution in [3.05, 3.63) is 43.7 Å². The normalized spacial score (nSPS) is 11.6. The maximum atomic E-state index is 12.3. The fourth-order valence-electron chi connectivity index (χ4n) is 1.53. The lowest BCUT2D eigenvalue weighted by Crippen LogP contribution is -2.12. The van der Waals surface area contributed by atoms with Crippen LogP contribution in [0.5, 0.6) is 0 Å². The van der Waals surface area contributed by atoms with E-state index in [4.69, 9.17) is 5.11 Å². The van der Waals surface area contributed by atoms with Gasteiger partial charge in [-0.3, -0.25) is 4.72 Å². The maximum absolute atomic E-state index is 12.3. The molecule has 0 bridgehead atoms. The summed E-state index contributed by atoms with van der Waals surface area (Å²) < 4.78 is 28.8. The van der Waals surface area contributed by atoms with Gasteiger partial charge in [-0.25, -0.2) is 8.42 Å². The van der Waals surface area contributed by atoms with Crippen molar-refractivity contribution >= 4 is 58.9 Å². The van der Waals surface area contributed by atoms with Gasteiger partial charge < -0.3 is 5.11 Å². The van der Waals surface area contributed by atoms with Gasteiger partial charge in [0.05, 0.1) is 16.1 Å². The van der Waals surface area contributed by atoms with E-state index in [1.807, 2.05) is 0 Å². The van der Waals surface area contributed by atoms with Gasteiger partial charge in [-0.2, -0.15) is 0 Å². The summed E-state index contributed by atoms with van der Waals surface area (Å²) >= 11 is 7.67. The molecular weight excluding hydrogens is 430 g/mol. The summed E-state index contributed by atoms with van der Waals surface area (Å²) in [5, 5.41) is 9.12. The number of anilines is 1. The van der Waals surface area contributed by atoms with Crippen molar-refractivity contribution in [1.82, 2.24) is 0 Å². The van der Waals surface area contributed by atoms with Crippen molar-refractivity contribution in [2.24, 2.45) is 0 Å². The van der Waals surface area contributed by atoms with Gasteiger partial charge in [0.1, 0.15) is 4.21 Å². The molecule has 108 valence electrons. The quantitative estimate of drug-likeness (QED) is 0.758. The van der Waals surface area contributed by atoms with E-state index in [0.29, 0.717) is 15.7 Å². The third kappa shape index (κ3) is 3.43. The number of thiophene rings is 1. The van der Waals surface area contributed by atoms with Crippen molar-refractivity contribution in [2.75, 3.05) is 4.72 Å². The molecule has 2 rings (SSSR count). The van der Waals surface area contributed by atoms with E-state index in [1.165, 1.54) is 0 Å². The van der Waals surface area contributed by atoms with Crippen LogP contribution < -0.4 is 4.72 Å². The molecule has 1 heterocycles. The summed E-state index contributed by atoms with van der Waals surface area (Å²) in [6, 6.07) is 6.70. The van der Waals surface area contributed by atoms with Crippen molar-refractivity contribution in [1.29, 1.82) is 0 Å². The largest absolute Gasteiger partial charge is 0.392 e. The molecule has 8 heteroatoms. The number of sulfonamides is 1. The minimum absolute atomic E-state index is 0.134. The highest BCUT2D eigenvalue weighted by Gasteiger charge is 2.19. The minimum atomic E-state index is -3.64. The molecule has 4 nitrogen and oxygen atoms in total. The summed E-state index contributed by atoms with van der Waals surface area (Å²) in [5.74, 6) is 0. The summed E-state index contributed by atoms with van der Waals surface area (Å²) in [5.41, 5.74) is 1.92. The molecule has 1 aromatic carbocycles. The Morgan fingerprint density at radius 3 is 2.55 bits per heavy atom. The van der Waals surface area contributed by atoms with Crippen LogP contribution in [0.25, 0.3) is 0 Å². The Hall–Kier alpha value is -0.410. The monoisotopic (exact) mass is 439 g/mol. The molecule has 0 atom stereocenters. The first-order valence-electron chi connectivity index (χ1n) is 5.51. The zero-order valence-electron chi connectivity index (χ0n) is 10.4. The molecule has 0 radical (unpaired) electrons. The first-order valence-corrected chi connectivity index (χ1v) is 9.40. The van der Waals surface area contributed by atoms with E-state index in [1.54, 1.807) is 31.2 Å². The van der Waals surface area contributed by atoms with Crippen molar-refractivity contribution in [2.45, 2.75) is 17.7 Å². The molecule has 0 saturated heterocycles. The van der Waals surface area contributed by atoms with E-state index < -0.39 is 10.0 Å². The highest BCUT2D eigenvalue weighted by molar-refractivity contribution is 9.13. The van der Waals surface area contributed by atoms with Gasteiger partial charge in [0.2, 0.25) is 0 Å². The lowest BCUT2D eigenvalue weighted by atomic mass is 10.1. The molecule has 0 unspecified atom stereocenters. The van der Waals surface area contributed by atoms with Crippen LogP contribution >= 0.6 is 43.2 Å². The molecule has 0 amide bonds. The number of aryl methyl sites for hydroxylation is 1. The second kappa shape index (κ2) is 6.15. The Kier molecular flexibility index (Phi) is 4.91. The summed E-state index contributed by atoms with van der Waals surface area (Å²) in [6.45, 7) is 1.67. The molecule has 0 spiro atoms. The van der Waals surface area contributed by atoms with Crippen LogP contribution in [0.1, 0.15) is 11.1 Å². The number of aliphatic hydroxyl groups excluding tert-OH is 1. The average Bonchev–Trinajstić information content (AvgIpc) is 2.73. The number of aliphatic hydroxyl groups is 1. The lowest BCUT2D eigenvalue weighted by molar-refractivity contribution is 0.282. The molecule has 20 heavy (non-hydrogen) atoms. The fourth-order valence-corrected chi connectivity index (χ4v) is 5.47. The molecule has 1 aromatic heterocycles. The van der Waals surface area contributed by atoms with Gasteiger partial charge in [0.15, 0.2) is 0 Å². The van der Waals surface area contributed by atoms with Crippen LogP contribution in [-0.2, 0) is 16.6 Å². The van der Waals surface area contributed by atoms with Crippen molar-refractivity contribution in [3.63, 3.8) is 0 Å². The standard InChI is InChI=1S/C12H11Br2NO3S2/c1-7-2-3-8(6-16)4-10(7)15-20(17,18)11-5-9(13)12(14)19-11/h2-5,15-16H,6H2,1H3. The van der Waals surface area contributed by atoms with Crippen molar-refractivity contribution in [3.8, 4) is 0 Å². The Balaban J connectivity index is 2.37. The molecule has 0 aliphatic carbocycles. The van der Waals surface area contributed by atoms with E-state index in [2.05, 4.69) is 36.6 Å². The van der Waals surface area contributed by atoms with Gasteiger partial charge in [-0.15, -0.1) is 11.3 Å². The van der Waals surface area contributed by atoms with Crippen LogP contribution in [0.3, 0.4) is 0 Å². The van der Waals surface area contributed by atoms with Crippen LogP contribution in [0, 0.1) is 6.92 Å². The molecular formula is C12H11Br2NO3S2. The lowest BCUT2D eigenvalue weighted by Gasteiger charge is -2.10. The van der Waals surface area contributed by atoms with Gasteiger partial charge in [0, 0.05) is 4.47 Å². The smallest absolute Gasteiger partial charge is 0.271 e. The molecule has 0 aliphatic rings. The predicted octanol–water partition coefficient (Wildman–Crippen LogP) is 3.87. The third-order valence-corrected chi connectivity index (χ3v) is 7.71. The van der Waals surface area contributed by atoms with E-state index in [-0.39, 0.29) is 10.8 Å². The Labute approximate surface area is 138 Å². The number of hydrogen-bond acceptors (Lipinski definition) is 4. The van der Waals surface area contributed by atoms with Crippen LogP contribution in [0.4, 0.5) is 5.69 Å². The molecule has 0 saturated carbocycles. The van der Waals surface area contributed by atoms with Crippen LogP contribution in [0.2, 0.25) is 0 Å². The third-order valence-electron chi connectivity index (χ3n) is 2.62. The highest BCUT2D eigenvalue weighted by atomic mass is 79.9. The first kappa shape index (κ1) is 16.0. The highest BCUT2D eigenvalue weighted by Crippen LogP contribution is 2.35. The Morgan fingerprint density at radius 1 is 1.30 bits per heavy atom. The van der Waals surface area contributed by atoms with Gasteiger partial charge >= 0.3 is 0 Å². The summed E-state index contributed by atoms with van der Waals surface area (Å²) in [4.78, 5) is 0. The van der Waals surface area contributed by atoms with Gasteiger partial charge in [-0.05, 0) is 62.0 Å². The van der Waals surface area contributed by atoms with E-state index >= 15 is 0 Å². The number of nitrogens with one attached hydrogen (secondary N) is 1. The van der Waals surface area contributed by atoms with E-state index in [0.717, 1.165) is 20.7 Å². The van der Waals surface area contributed by atoms with E-state index in [9.17, 15) is 8.42 Å². The van der Waals surface area contributed by atoms with Crippen LogP contribution in [-0.4, -0.2) is 13.5 Å².